The fourth-order valence-electron chi connectivity index (χ4n) is 4.52. The van der Waals surface area contributed by atoms with Gasteiger partial charge in [-0.15, -0.1) is 18.2 Å². The quantitative estimate of drug-likeness (QED) is 0.509. The van der Waals surface area contributed by atoms with Gasteiger partial charge in [0, 0.05) is 18.5 Å². The molecule has 5 unspecified atom stereocenters. The summed E-state index contributed by atoms with van der Waals surface area (Å²) < 4.78 is 17.3. The topological polar surface area (TPSA) is 48.0 Å². The van der Waals surface area contributed by atoms with Crippen molar-refractivity contribution in [2.24, 2.45) is 5.92 Å². The van der Waals surface area contributed by atoms with E-state index in [0.717, 1.165) is 38.6 Å². The lowest BCUT2D eigenvalue weighted by Crippen LogP contribution is -2.50. The van der Waals surface area contributed by atoms with E-state index in [-0.39, 0.29) is 36.1 Å². The average molecular weight is 372 g/mol. The number of alkyl halides is 1. The second-order valence-electron chi connectivity index (χ2n) is 7.38. The molecule has 1 amide bonds. The SMILES string of the molecule is C=CCOC1CCCCC1CN(C(=O)CCl)C1CCC2OCOC2C1. The molecule has 2 aliphatic carbocycles. The van der Waals surface area contributed by atoms with E-state index in [4.69, 9.17) is 25.8 Å². The van der Waals surface area contributed by atoms with Crippen molar-refractivity contribution >= 4 is 17.5 Å². The van der Waals surface area contributed by atoms with Gasteiger partial charge in [0.2, 0.25) is 5.91 Å². The molecule has 5 nitrogen and oxygen atoms in total. The molecule has 0 spiro atoms. The number of amides is 1. The molecule has 3 rings (SSSR count). The molecule has 6 heteroatoms. The van der Waals surface area contributed by atoms with Gasteiger partial charge < -0.3 is 19.1 Å². The van der Waals surface area contributed by atoms with Gasteiger partial charge in [-0.2, -0.15) is 0 Å². The number of nitrogens with zero attached hydrogens (tertiary/aromatic N) is 1. The highest BCUT2D eigenvalue weighted by molar-refractivity contribution is 6.27. The van der Waals surface area contributed by atoms with Crippen molar-refractivity contribution in [2.45, 2.75) is 69.3 Å². The van der Waals surface area contributed by atoms with Gasteiger partial charge >= 0.3 is 0 Å². The summed E-state index contributed by atoms with van der Waals surface area (Å²) in [7, 11) is 0. The van der Waals surface area contributed by atoms with E-state index in [1.165, 1.54) is 12.8 Å². The summed E-state index contributed by atoms with van der Waals surface area (Å²) in [6, 6.07) is 0.191. The van der Waals surface area contributed by atoms with Crippen LogP contribution in [0.15, 0.2) is 12.7 Å². The Labute approximate surface area is 155 Å². The molecule has 2 saturated carbocycles. The number of carbonyl (C=O) groups is 1. The Hall–Kier alpha value is -0.620. The zero-order chi connectivity index (χ0) is 17.6. The number of rotatable bonds is 7. The summed E-state index contributed by atoms with van der Waals surface area (Å²) in [5, 5.41) is 0. The lowest BCUT2D eigenvalue weighted by Gasteiger charge is -2.41. The summed E-state index contributed by atoms with van der Waals surface area (Å²) in [6.07, 6.45) is 9.63. The zero-order valence-corrected chi connectivity index (χ0v) is 15.7. The number of hydrogen-bond donors (Lipinski definition) is 0. The van der Waals surface area contributed by atoms with Gasteiger partial charge in [-0.3, -0.25) is 4.79 Å². The van der Waals surface area contributed by atoms with Gasteiger partial charge in [0.1, 0.15) is 12.7 Å². The summed E-state index contributed by atoms with van der Waals surface area (Å²) in [6.45, 7) is 5.43. The Bertz CT molecular complexity index is 461. The predicted molar refractivity (Wildman–Crippen MR) is 96.6 cm³/mol. The first-order valence-corrected chi connectivity index (χ1v) is 10.1. The van der Waals surface area contributed by atoms with Crippen molar-refractivity contribution in [1.82, 2.24) is 4.90 Å². The maximum atomic E-state index is 12.6. The minimum atomic E-state index is 0.0251. The Balaban J connectivity index is 1.65. The summed E-state index contributed by atoms with van der Waals surface area (Å²) in [5.41, 5.74) is 0. The molecule has 142 valence electrons. The standard InChI is InChI=1S/C19H30ClNO4/c1-2-9-23-16-6-4-3-5-14(16)12-21(19(22)11-20)15-7-8-17-18(10-15)25-13-24-17/h2,14-18H,1,3-13H2. The molecule has 0 N–H and O–H groups in total. The van der Waals surface area contributed by atoms with Crippen LogP contribution in [0.1, 0.15) is 44.9 Å². The van der Waals surface area contributed by atoms with Crippen LogP contribution in [-0.2, 0) is 19.0 Å². The second kappa shape index (κ2) is 9.36. The highest BCUT2D eigenvalue weighted by Crippen LogP contribution is 2.34. The number of fused-ring (bicyclic) bond motifs is 1. The smallest absolute Gasteiger partial charge is 0.237 e. The van der Waals surface area contributed by atoms with Gasteiger partial charge in [-0.25, -0.2) is 0 Å². The Morgan fingerprint density at radius 3 is 2.80 bits per heavy atom. The van der Waals surface area contributed by atoms with Gasteiger partial charge in [0.05, 0.1) is 24.9 Å². The van der Waals surface area contributed by atoms with Crippen LogP contribution in [0.4, 0.5) is 0 Å². The minimum Gasteiger partial charge on any atom is -0.374 e. The molecule has 0 bridgehead atoms. The molecular formula is C19H30ClNO4. The molecule has 1 heterocycles. The average Bonchev–Trinajstić information content (AvgIpc) is 3.12. The molecule has 0 aromatic carbocycles. The van der Waals surface area contributed by atoms with E-state index in [9.17, 15) is 4.79 Å². The first-order valence-electron chi connectivity index (χ1n) is 9.54. The number of hydrogen-bond acceptors (Lipinski definition) is 4. The maximum Gasteiger partial charge on any atom is 0.237 e. The van der Waals surface area contributed by atoms with Crippen LogP contribution in [0.25, 0.3) is 0 Å². The fourth-order valence-corrected chi connectivity index (χ4v) is 4.67. The van der Waals surface area contributed by atoms with E-state index >= 15 is 0 Å². The van der Waals surface area contributed by atoms with Crippen molar-refractivity contribution < 1.29 is 19.0 Å². The molecule has 25 heavy (non-hydrogen) atoms. The number of carbonyl (C=O) groups excluding carboxylic acids is 1. The van der Waals surface area contributed by atoms with E-state index in [1.54, 1.807) is 6.08 Å². The van der Waals surface area contributed by atoms with Crippen molar-refractivity contribution in [3.63, 3.8) is 0 Å². The highest BCUT2D eigenvalue weighted by atomic mass is 35.5. The van der Waals surface area contributed by atoms with Crippen molar-refractivity contribution in [3.05, 3.63) is 12.7 Å². The maximum absolute atomic E-state index is 12.6. The normalized spacial score (nSPS) is 35.2. The lowest BCUT2D eigenvalue weighted by molar-refractivity contribution is -0.134. The van der Waals surface area contributed by atoms with Gasteiger partial charge in [0.15, 0.2) is 0 Å². The molecule has 3 aliphatic rings. The summed E-state index contributed by atoms with van der Waals surface area (Å²) >= 11 is 5.92. The molecule has 1 aliphatic heterocycles. The van der Waals surface area contributed by atoms with Gasteiger partial charge in [-0.05, 0) is 32.1 Å². The second-order valence-corrected chi connectivity index (χ2v) is 7.65. The van der Waals surface area contributed by atoms with Crippen LogP contribution >= 0.6 is 11.6 Å². The third-order valence-electron chi connectivity index (χ3n) is 5.84. The van der Waals surface area contributed by atoms with E-state index in [0.29, 0.717) is 19.3 Å². The van der Waals surface area contributed by atoms with Crippen LogP contribution in [-0.4, -0.2) is 61.0 Å². The lowest BCUT2D eigenvalue weighted by atomic mass is 9.84. The van der Waals surface area contributed by atoms with Crippen molar-refractivity contribution in [2.75, 3.05) is 25.8 Å². The predicted octanol–water partition coefficient (Wildman–Crippen LogP) is 3.11. The largest absolute Gasteiger partial charge is 0.374 e. The van der Waals surface area contributed by atoms with Gasteiger partial charge in [0.25, 0.3) is 0 Å². The Kier molecular flexibility index (Phi) is 7.17. The summed E-state index contributed by atoms with van der Waals surface area (Å²) in [4.78, 5) is 14.6. The van der Waals surface area contributed by atoms with Crippen LogP contribution in [0.2, 0.25) is 0 Å². The van der Waals surface area contributed by atoms with Crippen LogP contribution < -0.4 is 0 Å². The molecule has 3 fully saturated rings. The first-order chi connectivity index (χ1) is 12.2. The Morgan fingerprint density at radius 1 is 1.20 bits per heavy atom. The fraction of sp³-hybridized carbons (Fsp3) is 0.842. The molecular weight excluding hydrogens is 342 g/mol. The monoisotopic (exact) mass is 371 g/mol. The van der Waals surface area contributed by atoms with Crippen LogP contribution in [0.5, 0.6) is 0 Å². The molecule has 0 aromatic heterocycles. The first kappa shape index (κ1) is 19.2. The third kappa shape index (κ3) is 4.76. The third-order valence-corrected chi connectivity index (χ3v) is 6.07. The molecule has 1 saturated heterocycles. The van der Waals surface area contributed by atoms with Crippen molar-refractivity contribution in [1.29, 1.82) is 0 Å². The number of halogens is 1. The van der Waals surface area contributed by atoms with Crippen LogP contribution in [0.3, 0.4) is 0 Å². The van der Waals surface area contributed by atoms with E-state index < -0.39 is 0 Å². The minimum absolute atomic E-state index is 0.0251. The van der Waals surface area contributed by atoms with E-state index in [1.807, 2.05) is 4.90 Å². The van der Waals surface area contributed by atoms with Gasteiger partial charge in [-0.1, -0.05) is 18.9 Å². The Morgan fingerprint density at radius 2 is 2.00 bits per heavy atom. The van der Waals surface area contributed by atoms with E-state index in [2.05, 4.69) is 6.58 Å². The van der Waals surface area contributed by atoms with Crippen molar-refractivity contribution in [3.8, 4) is 0 Å². The molecule has 0 radical (unpaired) electrons. The van der Waals surface area contributed by atoms with Crippen LogP contribution in [0, 0.1) is 5.92 Å². The zero-order valence-electron chi connectivity index (χ0n) is 14.9. The number of ether oxygens (including phenoxy) is 3. The molecule has 0 aromatic rings. The summed E-state index contributed by atoms with van der Waals surface area (Å²) in [5.74, 6) is 0.434. The highest BCUT2D eigenvalue weighted by Gasteiger charge is 2.40. The molecule has 5 atom stereocenters.